The summed E-state index contributed by atoms with van der Waals surface area (Å²) in [5.41, 5.74) is 4.19. The Morgan fingerprint density at radius 2 is 1.89 bits per heavy atom. The smallest absolute Gasteiger partial charge is 0.379 e. The molecule has 5 rings (SSSR count). The van der Waals surface area contributed by atoms with Crippen molar-refractivity contribution in [3.05, 3.63) is 88.7 Å². The van der Waals surface area contributed by atoms with Crippen molar-refractivity contribution < 1.29 is 22.7 Å². The van der Waals surface area contributed by atoms with Gasteiger partial charge in [-0.05, 0) is 66.4 Å². The van der Waals surface area contributed by atoms with Crippen LogP contribution in [-0.2, 0) is 17.5 Å². The van der Waals surface area contributed by atoms with E-state index in [0.29, 0.717) is 5.56 Å². The first-order valence-electron chi connectivity index (χ1n) is 12.8. The number of amides is 1. The number of nitrogens with one attached hydrogen (secondary N) is 1. The van der Waals surface area contributed by atoms with E-state index in [0.717, 1.165) is 81.3 Å². The van der Waals surface area contributed by atoms with Crippen LogP contribution in [0.15, 0.2) is 60.9 Å². The van der Waals surface area contributed by atoms with Gasteiger partial charge in [0.2, 0.25) is 0 Å². The number of morpholine rings is 1. The highest BCUT2D eigenvalue weighted by Crippen LogP contribution is 2.34. The molecule has 2 fully saturated rings. The third-order valence-electron chi connectivity index (χ3n) is 7.27. The molecule has 2 aliphatic heterocycles. The molecule has 0 radical (unpaired) electrons. The number of anilines is 2. The third-order valence-corrected chi connectivity index (χ3v) is 7.27. The Balaban J connectivity index is 1.27. The van der Waals surface area contributed by atoms with Crippen molar-refractivity contribution in [3.8, 4) is 0 Å². The van der Waals surface area contributed by atoms with E-state index in [-0.39, 0.29) is 11.6 Å². The first-order valence-corrected chi connectivity index (χ1v) is 12.8. The van der Waals surface area contributed by atoms with Crippen molar-refractivity contribution in [3.63, 3.8) is 0 Å². The number of ether oxygens (including phenoxy) is 1. The second-order valence-electron chi connectivity index (χ2n) is 9.98. The number of halogens is 3. The quantitative estimate of drug-likeness (QED) is 0.462. The molecule has 0 spiro atoms. The second-order valence-corrected chi connectivity index (χ2v) is 9.98. The number of rotatable bonds is 6. The Labute approximate surface area is 220 Å². The summed E-state index contributed by atoms with van der Waals surface area (Å²) in [5.74, 6) is -0.195. The average molecular weight is 525 g/mol. The van der Waals surface area contributed by atoms with E-state index in [1.165, 1.54) is 17.7 Å². The van der Waals surface area contributed by atoms with Crippen LogP contribution in [0.25, 0.3) is 0 Å². The van der Waals surface area contributed by atoms with Crippen molar-refractivity contribution in [2.24, 2.45) is 0 Å². The maximum atomic E-state index is 13.1. The zero-order valence-corrected chi connectivity index (χ0v) is 21.3. The van der Waals surface area contributed by atoms with E-state index in [1.807, 2.05) is 31.5 Å². The van der Waals surface area contributed by atoms with Crippen LogP contribution in [0.1, 0.15) is 45.0 Å². The van der Waals surface area contributed by atoms with Crippen molar-refractivity contribution in [2.45, 2.75) is 32.0 Å². The maximum absolute atomic E-state index is 13.1. The predicted octanol–water partition coefficient (Wildman–Crippen LogP) is 5.49. The van der Waals surface area contributed by atoms with Gasteiger partial charge in [-0.15, -0.1) is 0 Å². The summed E-state index contributed by atoms with van der Waals surface area (Å²) in [7, 11) is 0. The third kappa shape index (κ3) is 6.16. The van der Waals surface area contributed by atoms with Crippen LogP contribution in [0.5, 0.6) is 0 Å². The van der Waals surface area contributed by atoms with E-state index in [4.69, 9.17) is 4.74 Å². The first kappa shape index (κ1) is 26.2. The topological polar surface area (TPSA) is 57.7 Å². The lowest BCUT2D eigenvalue weighted by atomic mass is 9.92. The minimum absolute atomic E-state index is 0.114. The molecular formula is C29H31F3N4O2. The standard InChI is InChI=1S/C29H31F3N4O2/c1-20-5-6-22(28(37)34-25-4-2-3-24(15-25)29(30,31)32)14-27(20)23-7-8-36(19-23)26-13-21(16-33-17-26)18-35-9-11-38-12-10-35/h2-6,13-17,23H,7-12,18-19H2,1H3,(H,34,37). The number of pyridine rings is 1. The van der Waals surface area contributed by atoms with Crippen LogP contribution in [-0.4, -0.2) is 55.2 Å². The van der Waals surface area contributed by atoms with E-state index >= 15 is 0 Å². The van der Waals surface area contributed by atoms with E-state index in [1.54, 1.807) is 6.07 Å². The zero-order chi connectivity index (χ0) is 26.7. The number of nitrogens with zero attached hydrogens (tertiary/aromatic N) is 3. The number of carbonyl (C=O) groups excluding carboxylic acids is 1. The van der Waals surface area contributed by atoms with E-state index in [9.17, 15) is 18.0 Å². The number of benzene rings is 2. The van der Waals surface area contributed by atoms with Crippen LogP contribution < -0.4 is 10.2 Å². The van der Waals surface area contributed by atoms with Crippen molar-refractivity contribution in [1.82, 2.24) is 9.88 Å². The maximum Gasteiger partial charge on any atom is 0.416 e. The molecule has 2 saturated heterocycles. The molecule has 1 amide bonds. The molecule has 1 atom stereocenters. The van der Waals surface area contributed by atoms with Crippen molar-refractivity contribution in [1.29, 1.82) is 0 Å². The van der Waals surface area contributed by atoms with Gasteiger partial charge < -0.3 is 15.0 Å². The van der Waals surface area contributed by atoms with Crippen LogP contribution in [0.3, 0.4) is 0 Å². The molecule has 0 saturated carbocycles. The molecule has 9 heteroatoms. The monoisotopic (exact) mass is 524 g/mol. The molecule has 0 bridgehead atoms. The Bertz CT molecular complexity index is 1290. The lowest BCUT2D eigenvalue weighted by Crippen LogP contribution is -2.35. The van der Waals surface area contributed by atoms with Gasteiger partial charge in [-0.2, -0.15) is 13.2 Å². The molecule has 1 N–H and O–H groups in total. The molecule has 2 aromatic carbocycles. The Morgan fingerprint density at radius 1 is 1.08 bits per heavy atom. The summed E-state index contributed by atoms with van der Waals surface area (Å²) < 4.78 is 44.6. The molecular weight excluding hydrogens is 493 g/mol. The summed E-state index contributed by atoms with van der Waals surface area (Å²) in [6.45, 7) is 7.94. The average Bonchev–Trinajstić information content (AvgIpc) is 3.40. The van der Waals surface area contributed by atoms with Crippen LogP contribution >= 0.6 is 0 Å². The van der Waals surface area contributed by atoms with Crippen LogP contribution in [0, 0.1) is 6.92 Å². The lowest BCUT2D eigenvalue weighted by molar-refractivity contribution is -0.137. The molecule has 38 heavy (non-hydrogen) atoms. The fourth-order valence-electron chi connectivity index (χ4n) is 5.20. The van der Waals surface area contributed by atoms with Gasteiger partial charge in [-0.1, -0.05) is 12.1 Å². The second kappa shape index (κ2) is 11.1. The largest absolute Gasteiger partial charge is 0.416 e. The molecule has 3 heterocycles. The normalized spacial score (nSPS) is 18.5. The predicted molar refractivity (Wildman–Crippen MR) is 140 cm³/mol. The summed E-state index contributed by atoms with van der Waals surface area (Å²) in [5, 5.41) is 2.61. The first-order chi connectivity index (χ1) is 18.3. The van der Waals surface area contributed by atoms with E-state index < -0.39 is 17.6 Å². The fraction of sp³-hybridized carbons (Fsp3) is 0.379. The lowest BCUT2D eigenvalue weighted by Gasteiger charge is -2.27. The van der Waals surface area contributed by atoms with Crippen LogP contribution in [0.4, 0.5) is 24.5 Å². The SMILES string of the molecule is Cc1ccc(C(=O)Nc2cccc(C(F)(F)F)c2)cc1C1CCN(c2cncc(CN3CCOCC3)c2)C1. The van der Waals surface area contributed by atoms with Gasteiger partial charge in [0, 0.05) is 56.1 Å². The molecule has 200 valence electrons. The number of aromatic nitrogens is 1. The van der Waals surface area contributed by atoms with Crippen molar-refractivity contribution in [2.75, 3.05) is 49.6 Å². The van der Waals surface area contributed by atoms with Gasteiger partial charge in [0.1, 0.15) is 0 Å². The highest BCUT2D eigenvalue weighted by atomic mass is 19.4. The highest BCUT2D eigenvalue weighted by molar-refractivity contribution is 6.04. The summed E-state index contributed by atoms with van der Waals surface area (Å²) in [6.07, 6.45) is 0.289. The molecule has 1 aromatic heterocycles. The number of aryl methyl sites for hydroxylation is 1. The zero-order valence-electron chi connectivity index (χ0n) is 21.3. The van der Waals surface area contributed by atoms with Crippen LogP contribution in [0.2, 0.25) is 0 Å². The van der Waals surface area contributed by atoms with Gasteiger partial charge in [-0.25, -0.2) is 0 Å². The Hall–Kier alpha value is -3.43. The molecule has 2 aliphatic rings. The molecule has 0 aliphatic carbocycles. The fourth-order valence-corrected chi connectivity index (χ4v) is 5.20. The number of hydrogen-bond acceptors (Lipinski definition) is 5. The highest BCUT2D eigenvalue weighted by Gasteiger charge is 2.31. The Kier molecular flexibility index (Phi) is 7.67. The van der Waals surface area contributed by atoms with Gasteiger partial charge in [-0.3, -0.25) is 14.7 Å². The summed E-state index contributed by atoms with van der Waals surface area (Å²) in [4.78, 5) is 22.1. The van der Waals surface area contributed by atoms with E-state index in [2.05, 4.69) is 26.2 Å². The number of carbonyl (C=O) groups is 1. The van der Waals surface area contributed by atoms with Gasteiger partial charge in [0.25, 0.3) is 5.91 Å². The van der Waals surface area contributed by atoms with Gasteiger partial charge >= 0.3 is 6.18 Å². The van der Waals surface area contributed by atoms with Gasteiger partial charge in [0.15, 0.2) is 0 Å². The molecule has 3 aromatic rings. The van der Waals surface area contributed by atoms with Crippen molar-refractivity contribution >= 4 is 17.3 Å². The minimum Gasteiger partial charge on any atom is -0.379 e. The number of hydrogen-bond donors (Lipinski definition) is 1. The summed E-state index contributed by atoms with van der Waals surface area (Å²) in [6, 6.07) is 12.4. The summed E-state index contributed by atoms with van der Waals surface area (Å²) >= 11 is 0. The molecule has 1 unspecified atom stereocenters. The molecule has 6 nitrogen and oxygen atoms in total. The minimum atomic E-state index is -4.47. The Morgan fingerprint density at radius 3 is 2.68 bits per heavy atom. The number of alkyl halides is 3. The van der Waals surface area contributed by atoms with Gasteiger partial charge in [0.05, 0.1) is 30.7 Å².